The van der Waals surface area contributed by atoms with Crippen molar-refractivity contribution in [3.63, 3.8) is 0 Å². The topological polar surface area (TPSA) is 8.17 Å². The van der Waals surface area contributed by atoms with Crippen molar-refractivity contribution in [1.82, 2.24) is 4.57 Å². The Balaban J connectivity index is 0.977. The number of para-hydroxylation sites is 2. The van der Waals surface area contributed by atoms with Crippen molar-refractivity contribution >= 4 is 39.6 Å². The molecule has 0 fully saturated rings. The minimum Gasteiger partial charge on any atom is -0.310 e. The van der Waals surface area contributed by atoms with Gasteiger partial charge in [-0.1, -0.05) is 183 Å². The highest BCUT2D eigenvalue weighted by Gasteiger charge is 2.46. The first-order chi connectivity index (χ1) is 31.6. The van der Waals surface area contributed by atoms with Crippen molar-refractivity contribution in [3.8, 4) is 16.8 Å². The van der Waals surface area contributed by atoms with Crippen molar-refractivity contribution in [2.75, 3.05) is 4.90 Å². The Bertz CT molecular complexity index is 3220. The SMILES string of the molecule is CC1C=CC(c2ccc(N(c3ccc(C4C=Cc5c(c6ccccc6n5-c5ccccc5)C4)cc3)c3ccc4c(c3)C(c3ccccc3)(c3ccccc3)c3ccccc3-4)cc2)=CC1. The lowest BCUT2D eigenvalue weighted by molar-refractivity contribution is 0.739. The number of allylic oxidation sites excluding steroid dienone is 5. The molecule has 0 saturated heterocycles. The molecule has 0 amide bonds. The van der Waals surface area contributed by atoms with Gasteiger partial charge < -0.3 is 9.47 Å². The summed E-state index contributed by atoms with van der Waals surface area (Å²) in [4.78, 5) is 2.45. The fourth-order valence-electron chi connectivity index (χ4n) is 10.9. The van der Waals surface area contributed by atoms with E-state index in [1.54, 1.807) is 0 Å². The lowest BCUT2D eigenvalue weighted by Crippen LogP contribution is -2.28. The van der Waals surface area contributed by atoms with Gasteiger partial charge in [-0.25, -0.2) is 0 Å². The lowest BCUT2D eigenvalue weighted by atomic mass is 9.67. The van der Waals surface area contributed by atoms with Gasteiger partial charge in [0.25, 0.3) is 0 Å². The number of aromatic nitrogens is 1. The Morgan fingerprint density at radius 1 is 0.531 bits per heavy atom. The van der Waals surface area contributed by atoms with E-state index < -0.39 is 5.41 Å². The summed E-state index contributed by atoms with van der Waals surface area (Å²) in [5.41, 5.74) is 19.6. The van der Waals surface area contributed by atoms with Gasteiger partial charge >= 0.3 is 0 Å². The van der Waals surface area contributed by atoms with E-state index >= 15 is 0 Å². The Labute approximate surface area is 376 Å². The molecule has 9 aromatic rings. The van der Waals surface area contributed by atoms with E-state index in [9.17, 15) is 0 Å². The molecule has 0 spiro atoms. The van der Waals surface area contributed by atoms with Gasteiger partial charge in [0.1, 0.15) is 0 Å². The van der Waals surface area contributed by atoms with Crippen molar-refractivity contribution in [2.24, 2.45) is 5.92 Å². The van der Waals surface area contributed by atoms with Crippen LogP contribution >= 0.6 is 0 Å². The zero-order valence-electron chi connectivity index (χ0n) is 36.0. The van der Waals surface area contributed by atoms with Gasteiger partial charge in [-0.3, -0.25) is 0 Å². The molecule has 64 heavy (non-hydrogen) atoms. The van der Waals surface area contributed by atoms with Crippen molar-refractivity contribution in [2.45, 2.75) is 31.1 Å². The van der Waals surface area contributed by atoms with Gasteiger partial charge in [-0.15, -0.1) is 0 Å². The molecule has 0 radical (unpaired) electrons. The Morgan fingerprint density at radius 3 is 1.84 bits per heavy atom. The van der Waals surface area contributed by atoms with Crippen LogP contribution in [-0.4, -0.2) is 4.57 Å². The van der Waals surface area contributed by atoms with E-state index in [2.05, 4.69) is 253 Å². The van der Waals surface area contributed by atoms with E-state index in [1.165, 1.54) is 77.9 Å². The molecule has 0 bridgehead atoms. The molecule has 2 heteroatoms. The first kappa shape index (κ1) is 38.0. The third-order valence-electron chi connectivity index (χ3n) is 14.0. The summed E-state index contributed by atoms with van der Waals surface area (Å²) >= 11 is 0. The Morgan fingerprint density at radius 2 is 1.14 bits per heavy atom. The number of rotatable bonds is 8. The third-order valence-corrected chi connectivity index (χ3v) is 14.0. The highest BCUT2D eigenvalue weighted by molar-refractivity contribution is 5.92. The predicted octanol–water partition coefficient (Wildman–Crippen LogP) is 15.8. The second-order valence-corrected chi connectivity index (χ2v) is 17.7. The molecule has 12 rings (SSSR count). The van der Waals surface area contributed by atoms with Gasteiger partial charge in [0, 0.05) is 39.7 Å². The average Bonchev–Trinajstić information content (AvgIpc) is 3.86. The Hall–Kier alpha value is -7.68. The molecule has 0 saturated carbocycles. The van der Waals surface area contributed by atoms with Crippen molar-refractivity contribution in [3.05, 3.63) is 275 Å². The van der Waals surface area contributed by atoms with Crippen LogP contribution in [0.5, 0.6) is 0 Å². The Kier molecular flexibility index (Phi) is 9.26. The maximum Gasteiger partial charge on any atom is 0.0714 e. The fourth-order valence-corrected chi connectivity index (χ4v) is 10.9. The molecule has 3 aliphatic rings. The summed E-state index contributed by atoms with van der Waals surface area (Å²) in [7, 11) is 0. The monoisotopic (exact) mass is 820 g/mol. The molecule has 0 N–H and O–H groups in total. The molecule has 2 unspecified atom stereocenters. The van der Waals surface area contributed by atoms with Crippen LogP contribution in [-0.2, 0) is 11.8 Å². The highest BCUT2D eigenvalue weighted by atomic mass is 15.1. The molecule has 306 valence electrons. The standard InChI is InChI=1S/C62H48N2/c1-43-25-27-44(28-26-43)45-29-34-51(35-30-45)63(52-36-31-46(32-37-52)47-33-40-61-57(41-47)56-22-12-14-24-60(56)64(61)50-19-9-4-10-20-50)53-38-39-55-54-21-11-13-23-58(54)62(59(55)42-53,48-15-5-2-6-16-48)49-17-7-3-8-18-49/h2-25,27-40,42-43,47H,26,41H2,1H3. The molecule has 8 aromatic carbocycles. The molecule has 2 atom stereocenters. The van der Waals surface area contributed by atoms with E-state index in [-0.39, 0.29) is 5.92 Å². The molecule has 2 nitrogen and oxygen atoms in total. The average molecular weight is 821 g/mol. The van der Waals surface area contributed by atoms with E-state index in [4.69, 9.17) is 0 Å². The molecule has 0 aliphatic heterocycles. The third kappa shape index (κ3) is 6.16. The first-order valence-corrected chi connectivity index (χ1v) is 22.8. The quantitative estimate of drug-likeness (QED) is 0.148. The molecular weight excluding hydrogens is 773 g/mol. The summed E-state index contributed by atoms with van der Waals surface area (Å²) in [6.45, 7) is 2.28. The van der Waals surface area contributed by atoms with Gasteiger partial charge in [0.05, 0.1) is 10.9 Å². The first-order valence-electron chi connectivity index (χ1n) is 22.8. The fraction of sp³-hybridized carbons (Fsp3) is 0.0968. The second kappa shape index (κ2) is 15.6. The summed E-state index contributed by atoms with van der Waals surface area (Å²) in [5, 5.41) is 1.33. The zero-order valence-corrected chi connectivity index (χ0v) is 36.0. The van der Waals surface area contributed by atoms with Crippen molar-refractivity contribution in [1.29, 1.82) is 0 Å². The normalized spacial score (nSPS) is 16.8. The molecule has 3 aliphatic carbocycles. The molecule has 1 heterocycles. The minimum absolute atomic E-state index is 0.264. The van der Waals surface area contributed by atoms with Crippen LogP contribution < -0.4 is 4.90 Å². The second-order valence-electron chi connectivity index (χ2n) is 17.7. The van der Waals surface area contributed by atoms with Crippen LogP contribution in [0.1, 0.15) is 63.9 Å². The van der Waals surface area contributed by atoms with Crippen LogP contribution in [0.3, 0.4) is 0 Å². The van der Waals surface area contributed by atoms with Crippen LogP contribution in [0.25, 0.3) is 39.4 Å². The van der Waals surface area contributed by atoms with Gasteiger partial charge in [-0.05, 0) is 135 Å². The minimum atomic E-state index is -0.490. The smallest absolute Gasteiger partial charge is 0.0714 e. The van der Waals surface area contributed by atoms with Crippen LogP contribution in [0.2, 0.25) is 0 Å². The summed E-state index contributed by atoms with van der Waals surface area (Å²) in [5.74, 6) is 0.840. The number of anilines is 3. The number of fused-ring (bicyclic) bond motifs is 6. The zero-order chi connectivity index (χ0) is 42.6. The summed E-state index contributed by atoms with van der Waals surface area (Å²) < 4.78 is 2.42. The largest absolute Gasteiger partial charge is 0.310 e. The van der Waals surface area contributed by atoms with E-state index in [1.807, 2.05) is 0 Å². The van der Waals surface area contributed by atoms with Crippen LogP contribution in [0.4, 0.5) is 17.1 Å². The summed E-state index contributed by atoms with van der Waals surface area (Å²) in [6.07, 6.45) is 13.8. The van der Waals surface area contributed by atoms with Gasteiger partial charge in [0.15, 0.2) is 0 Å². The predicted molar refractivity (Wildman–Crippen MR) is 268 cm³/mol. The summed E-state index contributed by atoms with van der Waals surface area (Å²) in [6, 6.07) is 76.5. The van der Waals surface area contributed by atoms with Crippen LogP contribution in [0, 0.1) is 5.92 Å². The lowest BCUT2D eigenvalue weighted by Gasteiger charge is -2.35. The maximum atomic E-state index is 2.47. The highest BCUT2D eigenvalue weighted by Crippen LogP contribution is 2.57. The van der Waals surface area contributed by atoms with Gasteiger partial charge in [0.2, 0.25) is 0 Å². The van der Waals surface area contributed by atoms with E-state index in [0.29, 0.717) is 5.92 Å². The van der Waals surface area contributed by atoms with Crippen LogP contribution in [0.15, 0.2) is 231 Å². The van der Waals surface area contributed by atoms with Crippen molar-refractivity contribution < 1.29 is 0 Å². The molecular formula is C62H48N2. The number of hydrogen-bond donors (Lipinski definition) is 0. The number of nitrogens with zero attached hydrogens (tertiary/aromatic N) is 2. The van der Waals surface area contributed by atoms with E-state index in [0.717, 1.165) is 29.9 Å². The molecule has 1 aromatic heterocycles. The maximum absolute atomic E-state index is 2.47. The van der Waals surface area contributed by atoms with Gasteiger partial charge in [-0.2, -0.15) is 0 Å². The number of hydrogen-bond acceptors (Lipinski definition) is 1. The number of benzene rings is 8.